The Kier molecular flexibility index (Phi) is 5.08. The Balaban J connectivity index is 1.12. The highest BCUT2D eigenvalue weighted by atomic mass is 35.5. The Labute approximate surface area is 173 Å². The molecule has 0 radical (unpaired) electrons. The molecule has 6 rings (SSSR count). The summed E-state index contributed by atoms with van der Waals surface area (Å²) in [4.78, 5) is 5.18. The maximum absolute atomic E-state index is 5.96. The van der Waals surface area contributed by atoms with Gasteiger partial charge in [0.25, 0.3) is 0 Å². The summed E-state index contributed by atoms with van der Waals surface area (Å²) in [5.41, 5.74) is 1.22. The number of nitrogens with one attached hydrogen (secondary N) is 1. The largest absolute Gasteiger partial charge is 0.358 e. The lowest BCUT2D eigenvalue weighted by molar-refractivity contribution is -0.0727. The first kappa shape index (κ1) is 18.2. The number of thiocarbonyl (C=S) groups is 1. The molecular weight excluding hydrogens is 374 g/mol. The molecule has 1 aromatic rings. The number of hydrogen-bond acceptors (Lipinski definition) is 2. The second kappa shape index (κ2) is 7.53. The molecule has 4 aliphatic carbocycles. The van der Waals surface area contributed by atoms with Crippen LogP contribution < -0.4 is 5.32 Å². The number of hydrogen-bond donors (Lipinski definition) is 1. The molecule has 146 valence electrons. The van der Waals surface area contributed by atoms with Crippen LogP contribution in [-0.4, -0.2) is 47.1 Å². The first-order valence-corrected chi connectivity index (χ1v) is 11.5. The fraction of sp³-hybridized carbons (Fsp3) is 0.682. The van der Waals surface area contributed by atoms with Gasteiger partial charge in [-0.25, -0.2) is 0 Å². The maximum atomic E-state index is 5.96. The van der Waals surface area contributed by atoms with Crippen LogP contribution in [0.3, 0.4) is 0 Å². The number of nitrogens with zero attached hydrogens (tertiary/aromatic N) is 2. The third kappa shape index (κ3) is 3.73. The third-order valence-corrected chi connectivity index (χ3v) is 8.21. The molecule has 4 saturated carbocycles. The maximum Gasteiger partial charge on any atom is 0.169 e. The molecule has 0 amide bonds. The minimum atomic E-state index is 0.770. The van der Waals surface area contributed by atoms with E-state index in [1.54, 1.807) is 6.42 Å². The number of rotatable bonds is 3. The highest BCUT2D eigenvalue weighted by Crippen LogP contribution is 2.55. The minimum absolute atomic E-state index is 0.770. The molecule has 5 aliphatic rings. The first-order chi connectivity index (χ1) is 13.2. The van der Waals surface area contributed by atoms with Gasteiger partial charge in [0.05, 0.1) is 0 Å². The van der Waals surface area contributed by atoms with Crippen LogP contribution >= 0.6 is 23.8 Å². The van der Waals surface area contributed by atoms with Gasteiger partial charge in [0.2, 0.25) is 0 Å². The second-order valence-corrected chi connectivity index (χ2v) is 10.1. The van der Waals surface area contributed by atoms with E-state index in [1.165, 1.54) is 44.3 Å². The van der Waals surface area contributed by atoms with Gasteiger partial charge < -0.3 is 10.2 Å². The van der Waals surface area contributed by atoms with E-state index in [1.807, 2.05) is 12.1 Å². The van der Waals surface area contributed by atoms with E-state index in [9.17, 15) is 0 Å². The zero-order chi connectivity index (χ0) is 18.4. The van der Waals surface area contributed by atoms with Crippen LogP contribution in [0.5, 0.6) is 0 Å². The van der Waals surface area contributed by atoms with Crippen LogP contribution in [-0.2, 0) is 6.54 Å². The van der Waals surface area contributed by atoms with E-state index < -0.39 is 0 Å². The highest BCUT2D eigenvalue weighted by molar-refractivity contribution is 7.80. The van der Waals surface area contributed by atoms with Gasteiger partial charge >= 0.3 is 0 Å². The minimum Gasteiger partial charge on any atom is -0.358 e. The lowest BCUT2D eigenvalue weighted by Gasteiger charge is -2.58. The Morgan fingerprint density at radius 1 is 0.926 bits per heavy atom. The molecule has 0 unspecified atom stereocenters. The second-order valence-electron chi connectivity index (χ2n) is 9.23. The van der Waals surface area contributed by atoms with Gasteiger partial charge in [0.1, 0.15) is 0 Å². The molecule has 5 fully saturated rings. The summed E-state index contributed by atoms with van der Waals surface area (Å²) in [6, 6.07) is 8.86. The van der Waals surface area contributed by atoms with Crippen molar-refractivity contribution in [2.24, 2.45) is 23.7 Å². The molecule has 3 nitrogen and oxygen atoms in total. The monoisotopic (exact) mass is 403 g/mol. The van der Waals surface area contributed by atoms with Crippen molar-refractivity contribution in [3.63, 3.8) is 0 Å². The third-order valence-electron chi connectivity index (χ3n) is 7.56. The van der Waals surface area contributed by atoms with Gasteiger partial charge in [0.15, 0.2) is 5.11 Å². The summed E-state index contributed by atoms with van der Waals surface area (Å²) in [5, 5.41) is 5.11. The quantitative estimate of drug-likeness (QED) is 0.763. The molecular formula is C22H30ClN3S. The predicted octanol–water partition coefficient (Wildman–Crippen LogP) is 4.16. The normalized spacial score (nSPS) is 35.4. The van der Waals surface area contributed by atoms with Gasteiger partial charge in [-0.05, 0) is 85.7 Å². The van der Waals surface area contributed by atoms with Crippen LogP contribution in [0.25, 0.3) is 0 Å². The summed E-state index contributed by atoms with van der Waals surface area (Å²) in [5.74, 6) is 4.11. The van der Waals surface area contributed by atoms with Crippen LogP contribution in [0.1, 0.15) is 37.7 Å². The summed E-state index contributed by atoms with van der Waals surface area (Å²) in [6.45, 7) is 5.25. The lowest BCUT2D eigenvalue weighted by Crippen LogP contribution is -2.61. The molecule has 0 spiro atoms. The van der Waals surface area contributed by atoms with Crippen molar-refractivity contribution >= 4 is 28.9 Å². The van der Waals surface area contributed by atoms with Crippen molar-refractivity contribution < 1.29 is 0 Å². The van der Waals surface area contributed by atoms with E-state index >= 15 is 0 Å². The molecule has 1 aromatic carbocycles. The molecule has 0 aromatic heterocycles. The van der Waals surface area contributed by atoms with Crippen LogP contribution in [0, 0.1) is 23.7 Å². The molecule has 0 atom stereocenters. The summed E-state index contributed by atoms with van der Waals surface area (Å²) < 4.78 is 0. The van der Waals surface area contributed by atoms with E-state index in [0.717, 1.165) is 59.5 Å². The molecule has 4 bridgehead atoms. The number of benzene rings is 1. The zero-order valence-electron chi connectivity index (χ0n) is 15.9. The van der Waals surface area contributed by atoms with Gasteiger partial charge in [-0.1, -0.05) is 23.7 Å². The van der Waals surface area contributed by atoms with E-state index in [-0.39, 0.29) is 0 Å². The smallest absolute Gasteiger partial charge is 0.169 e. The van der Waals surface area contributed by atoms with Gasteiger partial charge in [-0.15, -0.1) is 0 Å². The van der Waals surface area contributed by atoms with Crippen molar-refractivity contribution in [2.75, 3.05) is 26.2 Å². The standard InChI is InChI=1S/C22H30ClN3S/c23-20-3-1-15(2-4-20)14-24-22(27)26-7-5-25(6-8-26)21-18-10-16-9-17(12-18)13-19(21)11-16/h1-4,16-19,21H,5-14H2,(H,24,27). The topological polar surface area (TPSA) is 18.5 Å². The number of piperazine rings is 1. The van der Waals surface area contributed by atoms with Crippen LogP contribution in [0.4, 0.5) is 0 Å². The van der Waals surface area contributed by atoms with Crippen molar-refractivity contribution in [1.29, 1.82) is 0 Å². The zero-order valence-corrected chi connectivity index (χ0v) is 17.5. The Morgan fingerprint density at radius 3 is 2.11 bits per heavy atom. The Bertz CT molecular complexity index is 655. The van der Waals surface area contributed by atoms with E-state index in [4.69, 9.17) is 23.8 Å². The van der Waals surface area contributed by atoms with Crippen LogP contribution in [0.15, 0.2) is 24.3 Å². The molecule has 5 heteroatoms. The average molecular weight is 404 g/mol. The molecule has 1 N–H and O–H groups in total. The van der Waals surface area contributed by atoms with Gasteiger partial charge in [-0.3, -0.25) is 4.90 Å². The Hall–Kier alpha value is -0.840. The van der Waals surface area contributed by atoms with Crippen LogP contribution in [0.2, 0.25) is 5.02 Å². The highest BCUT2D eigenvalue weighted by Gasteiger charge is 2.50. The first-order valence-electron chi connectivity index (χ1n) is 10.7. The molecule has 27 heavy (non-hydrogen) atoms. The average Bonchev–Trinajstić information content (AvgIpc) is 2.67. The van der Waals surface area contributed by atoms with E-state index in [0.29, 0.717) is 0 Å². The molecule has 1 aliphatic heterocycles. The summed E-state index contributed by atoms with van der Waals surface area (Å²) in [6.07, 6.45) is 7.59. The van der Waals surface area contributed by atoms with Gasteiger partial charge in [-0.2, -0.15) is 0 Å². The van der Waals surface area contributed by atoms with Crippen molar-refractivity contribution in [1.82, 2.24) is 15.1 Å². The van der Waals surface area contributed by atoms with Crippen molar-refractivity contribution in [2.45, 2.75) is 44.7 Å². The molecule has 1 heterocycles. The fourth-order valence-corrected chi connectivity index (χ4v) is 6.99. The lowest BCUT2D eigenvalue weighted by atomic mass is 9.54. The van der Waals surface area contributed by atoms with E-state index in [2.05, 4.69) is 27.2 Å². The van der Waals surface area contributed by atoms with Crippen molar-refractivity contribution in [3.8, 4) is 0 Å². The fourth-order valence-electron chi connectivity index (χ4n) is 6.61. The summed E-state index contributed by atoms with van der Waals surface area (Å²) >= 11 is 11.6. The van der Waals surface area contributed by atoms with Crippen molar-refractivity contribution in [3.05, 3.63) is 34.9 Å². The Morgan fingerprint density at radius 2 is 1.52 bits per heavy atom. The summed E-state index contributed by atoms with van der Waals surface area (Å²) in [7, 11) is 0. The van der Waals surface area contributed by atoms with Gasteiger partial charge in [0, 0.05) is 43.8 Å². The predicted molar refractivity (Wildman–Crippen MR) is 115 cm³/mol. The SMILES string of the molecule is S=C(NCc1ccc(Cl)cc1)N1CCN(C2C3CC4CC(C3)CC2C4)CC1. The molecule has 1 saturated heterocycles. The number of halogens is 1.